The van der Waals surface area contributed by atoms with E-state index in [1.807, 2.05) is 19.2 Å². The first-order valence-electron chi connectivity index (χ1n) is 14.2. The largest absolute Gasteiger partial charge is 0.481 e. The van der Waals surface area contributed by atoms with Gasteiger partial charge < -0.3 is 15.7 Å². The van der Waals surface area contributed by atoms with Gasteiger partial charge in [-0.1, -0.05) is 31.2 Å². The summed E-state index contributed by atoms with van der Waals surface area (Å²) in [6.45, 7) is 10.7. The number of hydrogen-bond donors (Lipinski definition) is 2. The Bertz CT molecular complexity index is 1420. The van der Waals surface area contributed by atoms with Crippen LogP contribution in [0.25, 0.3) is 10.9 Å². The van der Waals surface area contributed by atoms with Crippen LogP contribution in [0.2, 0.25) is 0 Å². The molecule has 0 saturated carbocycles. The van der Waals surface area contributed by atoms with Gasteiger partial charge in [0.05, 0.1) is 5.52 Å². The van der Waals surface area contributed by atoms with E-state index in [4.69, 9.17) is 10.8 Å². The number of hydrogen-bond acceptors (Lipinski definition) is 6. The van der Waals surface area contributed by atoms with Crippen molar-refractivity contribution in [1.82, 2.24) is 14.8 Å². The maximum Gasteiger partial charge on any atom is 0.303 e. The molecule has 2 atom stereocenters. The topological polar surface area (TPSA) is 99.8 Å². The number of aliphatic carboxylic acids is 1. The molecule has 0 aliphatic carbocycles. The number of nitrogens with two attached hydrogens (primary N) is 1. The zero-order valence-electron chi connectivity index (χ0n) is 25.5. The number of para-hydroxylation sites is 1. The number of pyridine rings is 1. The van der Waals surface area contributed by atoms with Crippen LogP contribution >= 0.6 is 0 Å². The molecule has 1 saturated heterocycles. The Balaban J connectivity index is 0.000000221. The second kappa shape index (κ2) is 17.7. The fourth-order valence-corrected chi connectivity index (χ4v) is 4.29. The van der Waals surface area contributed by atoms with E-state index >= 15 is 0 Å². The number of carboxylic acids is 1. The Kier molecular flexibility index (Phi) is 14.4. The molecule has 4 aromatic rings. The fraction of sp³-hybridized carbons (Fsp3) is 0.324. The number of aromatic nitrogens is 1. The molecule has 0 spiro atoms. The summed E-state index contributed by atoms with van der Waals surface area (Å²) in [5, 5.41) is 8.94. The molecule has 2 unspecified atom stereocenters. The van der Waals surface area contributed by atoms with Crippen molar-refractivity contribution in [3.05, 3.63) is 107 Å². The Hall–Kier alpha value is -4.21. The van der Waals surface area contributed by atoms with Gasteiger partial charge in [0.2, 0.25) is 0 Å². The molecule has 1 fully saturated rings. The zero-order chi connectivity index (χ0) is 31.9. The number of fused-ring (bicyclic) bond motifs is 1. The second-order valence-corrected chi connectivity index (χ2v) is 10.4. The molecule has 1 aliphatic rings. The van der Waals surface area contributed by atoms with Crippen LogP contribution in [0.1, 0.15) is 54.7 Å². The lowest BCUT2D eigenvalue weighted by atomic mass is 10.0. The van der Waals surface area contributed by atoms with Gasteiger partial charge in [-0.2, -0.15) is 0 Å². The number of nitrogen functional groups attached to an aromatic ring is 1. The molecule has 3 N–H and O–H groups in total. The van der Waals surface area contributed by atoms with Gasteiger partial charge in [-0.15, -0.1) is 0 Å². The molecule has 0 bridgehead atoms. The van der Waals surface area contributed by atoms with Crippen LogP contribution in [0.4, 0.5) is 14.5 Å². The number of halogens is 2. The number of carboxylic acid groups (broad SMARTS) is 1. The van der Waals surface area contributed by atoms with Crippen LogP contribution in [0.3, 0.4) is 0 Å². The molecule has 230 valence electrons. The summed E-state index contributed by atoms with van der Waals surface area (Å²) in [6, 6.07) is 21.3. The molecule has 9 heteroatoms. The lowest BCUT2D eigenvalue weighted by Gasteiger charge is -2.40. The summed E-state index contributed by atoms with van der Waals surface area (Å²) in [6.07, 6.45) is 2.84. The first kappa shape index (κ1) is 35.0. The molecule has 0 radical (unpaired) electrons. The smallest absolute Gasteiger partial charge is 0.303 e. The summed E-state index contributed by atoms with van der Waals surface area (Å²) in [7, 11) is 2.11. The molecule has 0 amide bonds. The normalized spacial score (nSPS) is 15.5. The summed E-state index contributed by atoms with van der Waals surface area (Å²) in [4.78, 5) is 28.3. The summed E-state index contributed by atoms with van der Waals surface area (Å²) in [5.74, 6) is -1.75. The standard InChI is InChI=1S/C14H20F2N2.C10H9N.C7H7NO.C3H6O2/c1-10-9-18(5-4-17(10)3)11(2)12-6-13(15)8-14(16)7-12;1-8-4-2-5-9-6-3-7-11-10(8)9;8-7-3-1-6(5-9)2-4-7;1-2-3(4)5/h6-8,10-11H,4-5,9H2,1-3H3;2-7H,1H3;1-5H,8H2;2H2,1H3,(H,4,5). The SMILES string of the molecule is CC1CN(C(C)c2cc(F)cc(F)c2)CCN1C.CCC(=O)O.Cc1cccc2cccnc12.Nc1ccc(C=O)cc1. The highest BCUT2D eigenvalue weighted by atomic mass is 19.1. The molecular weight excluding hydrogens is 550 g/mol. The first-order valence-corrected chi connectivity index (χ1v) is 14.2. The Morgan fingerprint density at radius 2 is 1.67 bits per heavy atom. The third-order valence-corrected chi connectivity index (χ3v) is 7.12. The minimum absolute atomic E-state index is 0.0475. The van der Waals surface area contributed by atoms with Crippen molar-refractivity contribution in [2.45, 2.75) is 46.2 Å². The van der Waals surface area contributed by atoms with Crippen LogP contribution in [0.15, 0.2) is 79.0 Å². The maximum absolute atomic E-state index is 13.2. The van der Waals surface area contributed by atoms with Crippen LogP contribution in [0, 0.1) is 18.6 Å². The summed E-state index contributed by atoms with van der Waals surface area (Å²) in [5.41, 5.74) is 9.76. The highest BCUT2D eigenvalue weighted by Crippen LogP contribution is 2.24. The van der Waals surface area contributed by atoms with Crippen molar-refractivity contribution in [1.29, 1.82) is 0 Å². The third kappa shape index (κ3) is 11.9. The number of aryl methyl sites for hydroxylation is 1. The molecule has 1 aliphatic heterocycles. The van der Waals surface area contributed by atoms with Crippen molar-refractivity contribution in [2.24, 2.45) is 0 Å². The molecule has 43 heavy (non-hydrogen) atoms. The second-order valence-electron chi connectivity index (χ2n) is 10.4. The zero-order valence-corrected chi connectivity index (χ0v) is 25.5. The van der Waals surface area contributed by atoms with Crippen molar-refractivity contribution >= 4 is 28.8 Å². The van der Waals surface area contributed by atoms with Gasteiger partial charge in [0.15, 0.2) is 0 Å². The Labute approximate surface area is 253 Å². The molecule has 5 rings (SSSR count). The van der Waals surface area contributed by atoms with E-state index in [-0.39, 0.29) is 12.5 Å². The summed E-state index contributed by atoms with van der Waals surface area (Å²) < 4.78 is 26.5. The minimum Gasteiger partial charge on any atom is -0.481 e. The number of likely N-dealkylation sites (N-methyl/N-ethyl adjacent to an activating group) is 1. The highest BCUT2D eigenvalue weighted by molar-refractivity contribution is 5.81. The van der Waals surface area contributed by atoms with Gasteiger partial charge in [-0.05, 0) is 81.4 Å². The monoisotopic (exact) mass is 592 g/mol. The van der Waals surface area contributed by atoms with Crippen LogP contribution in [-0.2, 0) is 4.79 Å². The van der Waals surface area contributed by atoms with Gasteiger partial charge in [0, 0.05) is 67.0 Å². The number of benzene rings is 3. The fourth-order valence-electron chi connectivity index (χ4n) is 4.29. The molecule has 2 heterocycles. The molecule has 1 aromatic heterocycles. The highest BCUT2D eigenvalue weighted by Gasteiger charge is 2.25. The predicted octanol–water partition coefficient (Wildman–Crippen LogP) is 6.77. The lowest BCUT2D eigenvalue weighted by molar-refractivity contribution is -0.136. The van der Waals surface area contributed by atoms with E-state index in [1.165, 1.54) is 23.1 Å². The number of anilines is 1. The van der Waals surface area contributed by atoms with Gasteiger partial charge >= 0.3 is 5.97 Å². The number of nitrogens with zero attached hydrogens (tertiary/aromatic N) is 3. The summed E-state index contributed by atoms with van der Waals surface area (Å²) >= 11 is 0. The Morgan fingerprint density at radius 3 is 2.21 bits per heavy atom. The van der Waals surface area contributed by atoms with Crippen molar-refractivity contribution < 1.29 is 23.5 Å². The molecular formula is C34H42F2N4O3. The first-order chi connectivity index (χ1) is 20.4. The van der Waals surface area contributed by atoms with E-state index < -0.39 is 17.6 Å². The van der Waals surface area contributed by atoms with Gasteiger partial charge in [0.1, 0.15) is 17.9 Å². The number of carbonyl (C=O) groups excluding carboxylic acids is 1. The molecule has 7 nitrogen and oxygen atoms in total. The predicted molar refractivity (Wildman–Crippen MR) is 169 cm³/mol. The number of aldehydes is 1. The van der Waals surface area contributed by atoms with E-state index in [2.05, 4.69) is 59.9 Å². The third-order valence-electron chi connectivity index (χ3n) is 7.12. The van der Waals surface area contributed by atoms with E-state index in [9.17, 15) is 18.4 Å². The van der Waals surface area contributed by atoms with E-state index in [0.717, 1.165) is 37.5 Å². The van der Waals surface area contributed by atoms with Crippen molar-refractivity contribution in [2.75, 3.05) is 32.4 Å². The lowest BCUT2D eigenvalue weighted by Crippen LogP contribution is -2.50. The van der Waals surface area contributed by atoms with Gasteiger partial charge in [-0.3, -0.25) is 19.5 Å². The molecule has 3 aromatic carbocycles. The van der Waals surface area contributed by atoms with Gasteiger partial charge in [-0.25, -0.2) is 8.78 Å². The minimum atomic E-state index is -0.745. The van der Waals surface area contributed by atoms with E-state index in [0.29, 0.717) is 22.9 Å². The maximum atomic E-state index is 13.2. The average Bonchev–Trinajstić information content (AvgIpc) is 2.99. The number of piperazine rings is 1. The van der Waals surface area contributed by atoms with E-state index in [1.54, 1.807) is 31.2 Å². The number of carbonyl (C=O) groups is 2. The van der Waals surface area contributed by atoms with Crippen LogP contribution < -0.4 is 5.73 Å². The average molecular weight is 593 g/mol. The quantitative estimate of drug-likeness (QED) is 0.199. The van der Waals surface area contributed by atoms with Crippen LogP contribution in [-0.4, -0.2) is 64.9 Å². The number of rotatable bonds is 4. The van der Waals surface area contributed by atoms with Crippen LogP contribution in [0.5, 0.6) is 0 Å². The van der Waals surface area contributed by atoms with Gasteiger partial charge in [0.25, 0.3) is 0 Å². The van der Waals surface area contributed by atoms with Crippen molar-refractivity contribution in [3.8, 4) is 0 Å². The Morgan fingerprint density at radius 1 is 1.07 bits per heavy atom. The van der Waals surface area contributed by atoms with Crippen molar-refractivity contribution in [3.63, 3.8) is 0 Å².